The van der Waals surface area contributed by atoms with E-state index < -0.39 is 0 Å². The Morgan fingerprint density at radius 1 is 1.53 bits per heavy atom. The molecule has 1 saturated carbocycles. The van der Waals surface area contributed by atoms with E-state index in [0.717, 1.165) is 6.54 Å². The Labute approximate surface area is 112 Å². The summed E-state index contributed by atoms with van der Waals surface area (Å²) < 4.78 is 5.09. The largest absolute Gasteiger partial charge is 0.497 e. The molecule has 0 amide bonds. The zero-order valence-electron chi connectivity index (χ0n) is 11.3. The number of benzene rings is 1. The summed E-state index contributed by atoms with van der Waals surface area (Å²) in [5.41, 5.74) is 0.587. The number of nitro groups is 1. The molecule has 1 aliphatic rings. The van der Waals surface area contributed by atoms with Gasteiger partial charge in [-0.15, -0.1) is 0 Å². The first kappa shape index (κ1) is 13.6. The first-order valence-electron chi connectivity index (χ1n) is 6.38. The monoisotopic (exact) mass is 265 g/mol. The molecule has 0 atom stereocenters. The third-order valence-corrected chi connectivity index (χ3v) is 3.35. The van der Waals surface area contributed by atoms with Crippen LogP contribution in [-0.4, -0.2) is 43.1 Å². The van der Waals surface area contributed by atoms with Crippen molar-refractivity contribution in [2.24, 2.45) is 0 Å². The van der Waals surface area contributed by atoms with E-state index in [0.29, 0.717) is 24.0 Å². The molecule has 1 aromatic carbocycles. The van der Waals surface area contributed by atoms with Crippen molar-refractivity contribution >= 4 is 11.4 Å². The Morgan fingerprint density at radius 2 is 2.26 bits per heavy atom. The highest BCUT2D eigenvalue weighted by molar-refractivity contribution is 5.64. The molecule has 0 spiro atoms. The lowest BCUT2D eigenvalue weighted by atomic mass is 10.2. The van der Waals surface area contributed by atoms with Gasteiger partial charge in [-0.25, -0.2) is 0 Å². The van der Waals surface area contributed by atoms with Crippen molar-refractivity contribution in [3.8, 4) is 5.75 Å². The van der Waals surface area contributed by atoms with Crippen molar-refractivity contribution in [1.29, 1.82) is 0 Å². The number of hydrogen-bond acceptors (Lipinski definition) is 5. The highest BCUT2D eigenvalue weighted by Gasteiger charge is 2.25. The van der Waals surface area contributed by atoms with E-state index in [4.69, 9.17) is 4.74 Å². The van der Waals surface area contributed by atoms with Gasteiger partial charge < -0.3 is 15.0 Å². The van der Waals surface area contributed by atoms with Gasteiger partial charge in [0.05, 0.1) is 12.0 Å². The fraction of sp³-hybridized carbons (Fsp3) is 0.538. The molecule has 1 fully saturated rings. The van der Waals surface area contributed by atoms with Crippen molar-refractivity contribution in [1.82, 2.24) is 4.90 Å². The van der Waals surface area contributed by atoms with Crippen molar-refractivity contribution in [3.05, 3.63) is 28.3 Å². The maximum atomic E-state index is 11.0. The minimum absolute atomic E-state index is 0.0786. The first-order chi connectivity index (χ1) is 9.11. The number of rotatable bonds is 7. The van der Waals surface area contributed by atoms with Crippen LogP contribution in [-0.2, 0) is 0 Å². The second kappa shape index (κ2) is 5.88. The summed E-state index contributed by atoms with van der Waals surface area (Å²) in [7, 11) is 3.63. The van der Waals surface area contributed by atoms with Gasteiger partial charge in [0.2, 0.25) is 0 Å². The summed E-state index contributed by atoms with van der Waals surface area (Å²) in [4.78, 5) is 12.8. The molecule has 0 heterocycles. The quantitative estimate of drug-likeness (QED) is 0.604. The number of likely N-dealkylation sites (N-methyl/N-ethyl adjacent to an activating group) is 1. The van der Waals surface area contributed by atoms with Crippen LogP contribution in [0.2, 0.25) is 0 Å². The molecule has 1 aliphatic carbocycles. The lowest BCUT2D eigenvalue weighted by molar-refractivity contribution is -0.384. The predicted molar refractivity (Wildman–Crippen MR) is 73.8 cm³/mol. The number of nitrogens with zero attached hydrogens (tertiary/aromatic N) is 2. The van der Waals surface area contributed by atoms with Crippen LogP contribution in [0.1, 0.15) is 12.8 Å². The molecule has 104 valence electrons. The van der Waals surface area contributed by atoms with Crippen LogP contribution in [0.4, 0.5) is 11.4 Å². The highest BCUT2D eigenvalue weighted by atomic mass is 16.6. The Kier molecular flexibility index (Phi) is 4.21. The van der Waals surface area contributed by atoms with Crippen LogP contribution in [0.25, 0.3) is 0 Å². The second-order valence-corrected chi connectivity index (χ2v) is 4.78. The lowest BCUT2D eigenvalue weighted by Crippen LogP contribution is -2.27. The normalized spacial score (nSPS) is 14.5. The zero-order chi connectivity index (χ0) is 13.8. The van der Waals surface area contributed by atoms with E-state index in [1.54, 1.807) is 19.2 Å². The molecule has 1 N–H and O–H groups in total. The number of methoxy groups -OCH3 is 1. The van der Waals surface area contributed by atoms with Gasteiger partial charge in [0, 0.05) is 31.3 Å². The smallest absolute Gasteiger partial charge is 0.292 e. The van der Waals surface area contributed by atoms with E-state index in [2.05, 4.69) is 17.3 Å². The van der Waals surface area contributed by atoms with Gasteiger partial charge in [-0.05, 0) is 26.0 Å². The van der Waals surface area contributed by atoms with Crippen molar-refractivity contribution < 1.29 is 9.66 Å². The topological polar surface area (TPSA) is 67.6 Å². The van der Waals surface area contributed by atoms with Gasteiger partial charge in [0.25, 0.3) is 5.69 Å². The Morgan fingerprint density at radius 3 is 2.84 bits per heavy atom. The maximum Gasteiger partial charge on any atom is 0.292 e. The van der Waals surface area contributed by atoms with Crippen LogP contribution < -0.4 is 10.1 Å². The van der Waals surface area contributed by atoms with E-state index in [1.165, 1.54) is 18.9 Å². The molecule has 0 aliphatic heterocycles. The summed E-state index contributed by atoms with van der Waals surface area (Å²) >= 11 is 0. The Bertz CT molecular complexity index is 460. The van der Waals surface area contributed by atoms with Crippen molar-refractivity contribution in [3.63, 3.8) is 0 Å². The third kappa shape index (κ3) is 3.57. The maximum absolute atomic E-state index is 11.0. The summed E-state index contributed by atoms with van der Waals surface area (Å²) in [5.74, 6) is 0.614. The van der Waals surface area contributed by atoms with Crippen molar-refractivity contribution in [2.75, 3.05) is 32.6 Å². The first-order valence-corrected chi connectivity index (χ1v) is 6.38. The molecule has 0 radical (unpaired) electrons. The summed E-state index contributed by atoms with van der Waals surface area (Å²) in [6.45, 7) is 1.56. The van der Waals surface area contributed by atoms with Gasteiger partial charge in [0.1, 0.15) is 11.4 Å². The summed E-state index contributed by atoms with van der Waals surface area (Å²) in [6, 6.07) is 5.42. The number of nitrogens with one attached hydrogen (secondary N) is 1. The molecule has 19 heavy (non-hydrogen) atoms. The standard InChI is InChI=1S/C13H19N3O3/c1-15(10-3-4-10)8-7-14-12-9-11(19-2)5-6-13(12)16(17)18/h5-6,9-10,14H,3-4,7-8H2,1-2H3. The third-order valence-electron chi connectivity index (χ3n) is 3.35. The van der Waals surface area contributed by atoms with Crippen molar-refractivity contribution in [2.45, 2.75) is 18.9 Å². The van der Waals surface area contributed by atoms with E-state index in [-0.39, 0.29) is 10.6 Å². The van der Waals surface area contributed by atoms with Gasteiger partial charge in [-0.2, -0.15) is 0 Å². The molecule has 2 rings (SSSR count). The Balaban J connectivity index is 1.98. The second-order valence-electron chi connectivity index (χ2n) is 4.78. The molecule has 0 unspecified atom stereocenters. The molecule has 0 bridgehead atoms. The molecule has 6 heteroatoms. The van der Waals surface area contributed by atoms with E-state index in [1.807, 2.05) is 0 Å². The molecule has 0 saturated heterocycles. The predicted octanol–water partition coefficient (Wildman–Crippen LogP) is 2.11. The number of anilines is 1. The van der Waals surface area contributed by atoms with Crippen LogP contribution in [0.5, 0.6) is 5.75 Å². The van der Waals surface area contributed by atoms with Crippen LogP contribution in [0.3, 0.4) is 0 Å². The molecule has 6 nitrogen and oxygen atoms in total. The SMILES string of the molecule is COc1ccc([N+](=O)[O-])c(NCCN(C)C2CC2)c1. The minimum atomic E-state index is -0.383. The summed E-state index contributed by atoms with van der Waals surface area (Å²) in [5, 5.41) is 14.1. The summed E-state index contributed by atoms with van der Waals surface area (Å²) in [6.07, 6.45) is 2.52. The lowest BCUT2D eigenvalue weighted by Gasteiger charge is -2.16. The highest BCUT2D eigenvalue weighted by Crippen LogP contribution is 2.29. The van der Waals surface area contributed by atoms with E-state index in [9.17, 15) is 10.1 Å². The number of nitro benzene ring substituents is 1. The molecular formula is C13H19N3O3. The van der Waals surface area contributed by atoms with Crippen LogP contribution in [0, 0.1) is 10.1 Å². The van der Waals surface area contributed by atoms with Gasteiger partial charge in [0.15, 0.2) is 0 Å². The average molecular weight is 265 g/mol. The molecular weight excluding hydrogens is 246 g/mol. The number of ether oxygens (including phenoxy) is 1. The zero-order valence-corrected chi connectivity index (χ0v) is 11.3. The van der Waals surface area contributed by atoms with Gasteiger partial charge in [-0.3, -0.25) is 10.1 Å². The van der Waals surface area contributed by atoms with Crippen LogP contribution >= 0.6 is 0 Å². The minimum Gasteiger partial charge on any atom is -0.497 e. The van der Waals surface area contributed by atoms with Gasteiger partial charge >= 0.3 is 0 Å². The number of hydrogen-bond donors (Lipinski definition) is 1. The fourth-order valence-electron chi connectivity index (χ4n) is 2.01. The molecule has 0 aromatic heterocycles. The van der Waals surface area contributed by atoms with Crippen LogP contribution in [0.15, 0.2) is 18.2 Å². The fourth-order valence-corrected chi connectivity index (χ4v) is 2.01. The van der Waals surface area contributed by atoms with Gasteiger partial charge in [-0.1, -0.05) is 0 Å². The average Bonchev–Trinajstić information content (AvgIpc) is 3.22. The Hall–Kier alpha value is -1.82. The van der Waals surface area contributed by atoms with E-state index >= 15 is 0 Å². The molecule has 1 aromatic rings.